The molecule has 3 heteroatoms. The second-order valence-corrected chi connectivity index (χ2v) is 5.13. The van der Waals surface area contributed by atoms with E-state index in [-0.39, 0.29) is 5.41 Å². The van der Waals surface area contributed by atoms with Crippen LogP contribution in [0.4, 0.5) is 0 Å². The van der Waals surface area contributed by atoms with Crippen molar-refractivity contribution in [3.05, 3.63) is 39.5 Å². The van der Waals surface area contributed by atoms with E-state index in [1.54, 1.807) is 0 Å². The summed E-state index contributed by atoms with van der Waals surface area (Å²) in [5.74, 6) is 0.869. The van der Waals surface area contributed by atoms with Crippen LogP contribution in [-0.2, 0) is 5.41 Å². The average Bonchev–Trinajstić information content (AvgIpc) is 2.05. The van der Waals surface area contributed by atoms with Gasteiger partial charge in [0, 0.05) is 16.0 Å². The summed E-state index contributed by atoms with van der Waals surface area (Å²) in [4.78, 5) is 0. The van der Waals surface area contributed by atoms with Crippen molar-refractivity contribution in [1.29, 1.82) is 0 Å². The van der Waals surface area contributed by atoms with E-state index in [9.17, 15) is 0 Å². The number of halogens is 2. The fraction of sp³-hybridized carbons (Fsp3) is 0.273. The largest absolute Gasteiger partial charge is 0.450 e. The van der Waals surface area contributed by atoms with Crippen LogP contribution in [0.1, 0.15) is 19.4 Å². The number of fused-ring (bicyclic) bond motifs is 1. The lowest BCUT2D eigenvalue weighted by molar-refractivity contribution is 0.420. The lowest BCUT2D eigenvalue weighted by Crippen LogP contribution is -2.20. The minimum Gasteiger partial charge on any atom is -0.450 e. The summed E-state index contributed by atoms with van der Waals surface area (Å²) in [5, 5.41) is 0.742. The van der Waals surface area contributed by atoms with Crippen molar-refractivity contribution >= 4 is 27.5 Å². The number of hydrogen-bond acceptors (Lipinski definition) is 1. The molecule has 0 N–H and O–H groups in total. The normalized spacial score (nSPS) is 18.1. The first-order valence-electron chi connectivity index (χ1n) is 4.35. The number of hydrogen-bond donors (Lipinski definition) is 0. The Balaban J connectivity index is 2.60. The smallest absolute Gasteiger partial charge is 0.166 e. The van der Waals surface area contributed by atoms with E-state index in [0.29, 0.717) is 0 Å². The third-order valence-electron chi connectivity index (χ3n) is 2.32. The van der Waals surface area contributed by atoms with Gasteiger partial charge < -0.3 is 4.74 Å². The third-order valence-corrected chi connectivity index (χ3v) is 2.94. The third kappa shape index (κ3) is 1.69. The molecule has 0 aliphatic carbocycles. The van der Waals surface area contributed by atoms with Crippen LogP contribution < -0.4 is 4.74 Å². The van der Waals surface area contributed by atoms with E-state index in [1.165, 1.54) is 0 Å². The molecule has 0 amide bonds. The zero-order valence-electron chi connectivity index (χ0n) is 7.97. The maximum absolute atomic E-state index is 5.95. The quantitative estimate of drug-likeness (QED) is 0.687. The predicted octanol–water partition coefficient (Wildman–Crippen LogP) is 4.25. The molecule has 2 rings (SSSR count). The van der Waals surface area contributed by atoms with Gasteiger partial charge in [-0.2, -0.15) is 0 Å². The van der Waals surface area contributed by atoms with Gasteiger partial charge in [0.2, 0.25) is 0 Å². The van der Waals surface area contributed by atoms with Gasteiger partial charge in [-0.3, -0.25) is 0 Å². The van der Waals surface area contributed by atoms with E-state index < -0.39 is 0 Å². The molecule has 0 aromatic heterocycles. The molecule has 1 nitrogen and oxygen atoms in total. The molecule has 1 heterocycles. The molecule has 0 fully saturated rings. The Morgan fingerprint density at radius 1 is 1.36 bits per heavy atom. The van der Waals surface area contributed by atoms with Gasteiger partial charge >= 0.3 is 0 Å². The number of allylic oxidation sites excluding steroid dienone is 1. The molecular weight excluding hydrogens is 263 g/mol. The van der Waals surface area contributed by atoms with E-state index in [1.807, 2.05) is 24.3 Å². The van der Waals surface area contributed by atoms with Gasteiger partial charge in [0.25, 0.3) is 0 Å². The van der Waals surface area contributed by atoms with Gasteiger partial charge in [-0.15, -0.1) is 0 Å². The molecule has 0 saturated carbocycles. The molecular formula is C11H10BrClO. The first-order valence-corrected chi connectivity index (χ1v) is 5.52. The molecule has 0 saturated heterocycles. The summed E-state index contributed by atoms with van der Waals surface area (Å²) in [6, 6.07) is 5.68. The lowest BCUT2D eigenvalue weighted by Gasteiger charge is -2.28. The van der Waals surface area contributed by atoms with Crippen molar-refractivity contribution in [2.24, 2.45) is 0 Å². The highest BCUT2D eigenvalue weighted by molar-refractivity contribution is 9.11. The highest BCUT2D eigenvalue weighted by Crippen LogP contribution is 2.40. The van der Waals surface area contributed by atoms with Crippen LogP contribution in [0.5, 0.6) is 5.75 Å². The molecule has 1 aromatic rings. The number of rotatable bonds is 0. The summed E-state index contributed by atoms with van der Waals surface area (Å²) in [5.41, 5.74) is 1.07. The minimum atomic E-state index is -0.0443. The Kier molecular flexibility index (Phi) is 2.36. The molecule has 1 aliphatic rings. The van der Waals surface area contributed by atoms with Crippen molar-refractivity contribution in [3.8, 4) is 5.75 Å². The maximum atomic E-state index is 5.95. The Morgan fingerprint density at radius 2 is 2.07 bits per heavy atom. The van der Waals surface area contributed by atoms with Crippen molar-refractivity contribution in [2.45, 2.75) is 19.3 Å². The van der Waals surface area contributed by atoms with Crippen LogP contribution in [0.25, 0.3) is 0 Å². The summed E-state index contributed by atoms with van der Waals surface area (Å²) in [6.45, 7) is 4.26. The van der Waals surface area contributed by atoms with E-state index in [2.05, 4.69) is 29.8 Å². The second kappa shape index (κ2) is 3.28. The Hall–Kier alpha value is -0.470. The van der Waals surface area contributed by atoms with Crippen LogP contribution in [0.2, 0.25) is 5.02 Å². The van der Waals surface area contributed by atoms with Crippen molar-refractivity contribution < 1.29 is 4.74 Å². The highest BCUT2D eigenvalue weighted by Gasteiger charge is 2.27. The Bertz CT molecular complexity index is 410. The van der Waals surface area contributed by atoms with Gasteiger partial charge in [0.1, 0.15) is 5.75 Å². The Labute approximate surface area is 96.8 Å². The number of benzene rings is 1. The summed E-state index contributed by atoms with van der Waals surface area (Å²) >= 11 is 9.31. The first kappa shape index (κ1) is 10.1. The summed E-state index contributed by atoms with van der Waals surface area (Å²) in [6.07, 6.45) is 2.03. The predicted molar refractivity (Wildman–Crippen MR) is 62.1 cm³/mol. The second-order valence-electron chi connectivity index (χ2n) is 3.91. The van der Waals surface area contributed by atoms with E-state index in [4.69, 9.17) is 16.3 Å². The molecule has 1 aliphatic heterocycles. The first-order chi connectivity index (χ1) is 6.49. The SMILES string of the molecule is CC1(C)C=C(Br)Oc2ccc(Cl)cc21. The van der Waals surface area contributed by atoms with Crippen LogP contribution in [0, 0.1) is 0 Å². The monoisotopic (exact) mass is 272 g/mol. The molecule has 1 aromatic carbocycles. The standard InChI is InChI=1S/C11H10BrClO/c1-11(2)6-10(12)14-9-4-3-7(13)5-8(9)11/h3-6H,1-2H3. The fourth-order valence-electron chi connectivity index (χ4n) is 1.59. The maximum Gasteiger partial charge on any atom is 0.166 e. The van der Waals surface area contributed by atoms with Crippen LogP contribution in [-0.4, -0.2) is 0 Å². The van der Waals surface area contributed by atoms with Gasteiger partial charge in [0.15, 0.2) is 4.67 Å². The fourth-order valence-corrected chi connectivity index (χ4v) is 2.51. The molecule has 14 heavy (non-hydrogen) atoms. The number of ether oxygens (including phenoxy) is 1. The van der Waals surface area contributed by atoms with Crippen molar-refractivity contribution in [1.82, 2.24) is 0 Å². The van der Waals surface area contributed by atoms with Gasteiger partial charge in [-0.25, -0.2) is 0 Å². The van der Waals surface area contributed by atoms with E-state index in [0.717, 1.165) is 21.0 Å². The molecule has 0 unspecified atom stereocenters. The highest BCUT2D eigenvalue weighted by atomic mass is 79.9. The van der Waals surface area contributed by atoms with Gasteiger partial charge in [-0.05, 0) is 40.2 Å². The Morgan fingerprint density at radius 3 is 2.79 bits per heavy atom. The lowest BCUT2D eigenvalue weighted by atomic mass is 9.83. The van der Waals surface area contributed by atoms with Crippen LogP contribution in [0.3, 0.4) is 0 Å². The topological polar surface area (TPSA) is 9.23 Å². The van der Waals surface area contributed by atoms with Crippen molar-refractivity contribution in [2.75, 3.05) is 0 Å². The molecule has 0 radical (unpaired) electrons. The van der Waals surface area contributed by atoms with Crippen LogP contribution in [0.15, 0.2) is 28.9 Å². The van der Waals surface area contributed by atoms with Crippen molar-refractivity contribution in [3.63, 3.8) is 0 Å². The van der Waals surface area contributed by atoms with Gasteiger partial charge in [0.05, 0.1) is 0 Å². The van der Waals surface area contributed by atoms with Crippen LogP contribution >= 0.6 is 27.5 Å². The van der Waals surface area contributed by atoms with E-state index >= 15 is 0 Å². The molecule has 0 spiro atoms. The summed E-state index contributed by atoms with van der Waals surface area (Å²) < 4.78 is 6.30. The summed E-state index contributed by atoms with van der Waals surface area (Å²) in [7, 11) is 0. The van der Waals surface area contributed by atoms with Gasteiger partial charge in [-0.1, -0.05) is 25.4 Å². The zero-order chi connectivity index (χ0) is 10.3. The molecule has 74 valence electrons. The minimum absolute atomic E-state index is 0.0443. The molecule has 0 atom stereocenters. The molecule has 0 bridgehead atoms. The average molecular weight is 274 g/mol. The zero-order valence-corrected chi connectivity index (χ0v) is 10.3.